The lowest BCUT2D eigenvalue weighted by Gasteiger charge is -2.26. The molecule has 4 nitrogen and oxygen atoms in total. The van der Waals surface area contributed by atoms with E-state index in [9.17, 15) is 9.90 Å². The van der Waals surface area contributed by atoms with E-state index in [4.69, 9.17) is 5.11 Å². The summed E-state index contributed by atoms with van der Waals surface area (Å²) in [5.41, 5.74) is 0. The van der Waals surface area contributed by atoms with Gasteiger partial charge < -0.3 is 15.1 Å². The Morgan fingerprint density at radius 2 is 2.07 bits per heavy atom. The summed E-state index contributed by atoms with van der Waals surface area (Å²) < 4.78 is 0. The normalized spacial score (nSPS) is 15.5. The molecule has 84 valence electrons. The Kier molecular flexibility index (Phi) is 6.49. The molecule has 0 spiro atoms. The number of aliphatic hydroxyl groups is 1. The molecule has 0 aromatic carbocycles. The van der Waals surface area contributed by atoms with Crippen LogP contribution < -0.4 is 0 Å². The van der Waals surface area contributed by atoms with Crippen LogP contribution >= 0.6 is 0 Å². The highest BCUT2D eigenvalue weighted by Crippen LogP contribution is 2.05. The number of hydrogen-bond donors (Lipinski definition) is 2. The van der Waals surface area contributed by atoms with Crippen molar-refractivity contribution in [2.45, 2.75) is 45.3 Å². The van der Waals surface area contributed by atoms with E-state index in [1.165, 1.54) is 0 Å². The van der Waals surface area contributed by atoms with Gasteiger partial charge in [0.1, 0.15) is 0 Å². The summed E-state index contributed by atoms with van der Waals surface area (Å²) in [5, 5.41) is 17.8. The van der Waals surface area contributed by atoms with E-state index in [0.29, 0.717) is 12.6 Å². The van der Waals surface area contributed by atoms with Crippen LogP contribution in [-0.2, 0) is 4.79 Å². The van der Waals surface area contributed by atoms with E-state index in [0.717, 1.165) is 12.8 Å². The van der Waals surface area contributed by atoms with Gasteiger partial charge in [0.05, 0.1) is 12.5 Å². The molecule has 0 heterocycles. The Balaban J connectivity index is 3.79. The lowest BCUT2D eigenvalue weighted by molar-refractivity contribution is -0.139. The fourth-order valence-electron chi connectivity index (χ4n) is 1.42. The predicted molar refractivity (Wildman–Crippen MR) is 55.3 cm³/mol. The van der Waals surface area contributed by atoms with Crippen LogP contribution in [0.1, 0.15) is 33.1 Å². The van der Waals surface area contributed by atoms with Gasteiger partial charge in [-0.1, -0.05) is 13.3 Å². The lowest BCUT2D eigenvalue weighted by Crippen LogP contribution is -2.36. The van der Waals surface area contributed by atoms with Gasteiger partial charge in [0.2, 0.25) is 0 Å². The van der Waals surface area contributed by atoms with E-state index < -0.39 is 12.1 Å². The molecular formula is C10H21NO3. The summed E-state index contributed by atoms with van der Waals surface area (Å²) in [5.74, 6) is -0.950. The van der Waals surface area contributed by atoms with Gasteiger partial charge in [-0.25, -0.2) is 0 Å². The fraction of sp³-hybridized carbons (Fsp3) is 0.900. The standard InChI is InChI=1S/C10H21NO3/c1-4-5-8(2)11(3)7-9(12)6-10(13)14/h8-9,12H,4-7H2,1-3H3,(H,13,14). The first-order valence-electron chi connectivity index (χ1n) is 5.07. The number of carbonyl (C=O) groups is 1. The zero-order valence-corrected chi connectivity index (χ0v) is 9.23. The van der Waals surface area contributed by atoms with Crippen LogP contribution in [0.3, 0.4) is 0 Å². The Morgan fingerprint density at radius 3 is 2.50 bits per heavy atom. The third-order valence-electron chi connectivity index (χ3n) is 2.37. The van der Waals surface area contributed by atoms with Gasteiger partial charge in [-0.15, -0.1) is 0 Å². The highest BCUT2D eigenvalue weighted by atomic mass is 16.4. The van der Waals surface area contributed by atoms with Gasteiger partial charge in [0.15, 0.2) is 0 Å². The average molecular weight is 203 g/mol. The lowest BCUT2D eigenvalue weighted by atomic mass is 10.1. The average Bonchev–Trinajstić information content (AvgIpc) is 2.02. The molecule has 2 N–H and O–H groups in total. The van der Waals surface area contributed by atoms with Crippen molar-refractivity contribution in [1.29, 1.82) is 0 Å². The summed E-state index contributed by atoms with van der Waals surface area (Å²) >= 11 is 0. The number of carboxylic acid groups (broad SMARTS) is 1. The first-order chi connectivity index (χ1) is 6.47. The van der Waals surface area contributed by atoms with Gasteiger partial charge in [-0.3, -0.25) is 4.79 Å². The maximum atomic E-state index is 10.3. The molecule has 0 aliphatic heterocycles. The zero-order chi connectivity index (χ0) is 11.1. The Morgan fingerprint density at radius 1 is 1.50 bits per heavy atom. The Bertz CT molecular complexity index is 173. The molecule has 0 radical (unpaired) electrons. The minimum absolute atomic E-state index is 0.177. The van der Waals surface area contributed by atoms with Gasteiger partial charge in [0, 0.05) is 12.6 Å². The molecule has 0 bridgehead atoms. The first-order valence-corrected chi connectivity index (χ1v) is 5.07. The number of hydrogen-bond acceptors (Lipinski definition) is 3. The van der Waals surface area contributed by atoms with Crippen molar-refractivity contribution in [3.8, 4) is 0 Å². The number of nitrogens with zero attached hydrogens (tertiary/aromatic N) is 1. The van der Waals surface area contributed by atoms with Crippen LogP contribution in [0, 0.1) is 0 Å². The van der Waals surface area contributed by atoms with Gasteiger partial charge in [-0.05, 0) is 20.4 Å². The molecule has 0 saturated carbocycles. The molecule has 2 unspecified atom stereocenters. The third kappa shape index (κ3) is 5.94. The van der Waals surface area contributed by atoms with Gasteiger partial charge >= 0.3 is 5.97 Å². The van der Waals surface area contributed by atoms with E-state index >= 15 is 0 Å². The number of aliphatic hydroxyl groups excluding tert-OH is 1. The smallest absolute Gasteiger partial charge is 0.306 e. The van der Waals surface area contributed by atoms with E-state index in [1.807, 2.05) is 11.9 Å². The molecule has 0 saturated heterocycles. The quantitative estimate of drug-likeness (QED) is 0.646. The van der Waals surface area contributed by atoms with Gasteiger partial charge in [-0.2, -0.15) is 0 Å². The molecule has 0 rings (SSSR count). The van der Waals surface area contributed by atoms with Crippen molar-refractivity contribution in [3.05, 3.63) is 0 Å². The monoisotopic (exact) mass is 203 g/mol. The molecule has 0 aliphatic rings. The second-order valence-electron chi connectivity index (χ2n) is 3.83. The Labute approximate surface area is 85.5 Å². The van der Waals surface area contributed by atoms with Crippen LogP contribution in [0.15, 0.2) is 0 Å². The molecule has 14 heavy (non-hydrogen) atoms. The molecule has 2 atom stereocenters. The van der Waals surface area contributed by atoms with Crippen molar-refractivity contribution >= 4 is 5.97 Å². The van der Waals surface area contributed by atoms with Crippen LogP contribution in [0.5, 0.6) is 0 Å². The molecule has 0 aromatic heterocycles. The highest BCUT2D eigenvalue weighted by Gasteiger charge is 2.15. The highest BCUT2D eigenvalue weighted by molar-refractivity contribution is 5.67. The summed E-state index contributed by atoms with van der Waals surface area (Å²) in [7, 11) is 1.91. The van der Waals surface area contributed by atoms with E-state index in [1.54, 1.807) is 0 Å². The molecule has 0 fully saturated rings. The van der Waals surface area contributed by atoms with E-state index in [-0.39, 0.29) is 6.42 Å². The molecule has 0 amide bonds. The second-order valence-corrected chi connectivity index (χ2v) is 3.83. The number of likely N-dealkylation sites (N-methyl/N-ethyl adjacent to an activating group) is 1. The number of aliphatic carboxylic acids is 1. The summed E-state index contributed by atoms with van der Waals surface area (Å²) in [6.07, 6.45) is 1.22. The zero-order valence-electron chi connectivity index (χ0n) is 9.23. The maximum Gasteiger partial charge on any atom is 0.306 e. The van der Waals surface area contributed by atoms with Crippen molar-refractivity contribution in [2.75, 3.05) is 13.6 Å². The summed E-state index contributed by atoms with van der Waals surface area (Å²) in [6.45, 7) is 4.61. The number of carboxylic acids is 1. The van der Waals surface area contributed by atoms with Crippen LogP contribution in [0.4, 0.5) is 0 Å². The SMILES string of the molecule is CCCC(C)N(C)CC(O)CC(=O)O. The largest absolute Gasteiger partial charge is 0.481 e. The van der Waals surface area contributed by atoms with E-state index in [2.05, 4.69) is 13.8 Å². The fourth-order valence-corrected chi connectivity index (χ4v) is 1.42. The molecular weight excluding hydrogens is 182 g/mol. The minimum Gasteiger partial charge on any atom is -0.481 e. The summed E-state index contributed by atoms with van der Waals surface area (Å²) in [4.78, 5) is 12.3. The maximum absolute atomic E-state index is 10.3. The third-order valence-corrected chi connectivity index (χ3v) is 2.37. The molecule has 4 heteroatoms. The van der Waals surface area contributed by atoms with Crippen LogP contribution in [0.2, 0.25) is 0 Å². The minimum atomic E-state index is -0.950. The predicted octanol–water partition coefficient (Wildman–Crippen LogP) is 0.942. The van der Waals surface area contributed by atoms with Crippen molar-refractivity contribution in [2.24, 2.45) is 0 Å². The molecule has 0 aromatic rings. The first kappa shape index (κ1) is 13.4. The van der Waals surface area contributed by atoms with Crippen LogP contribution in [0.25, 0.3) is 0 Å². The van der Waals surface area contributed by atoms with Crippen molar-refractivity contribution in [3.63, 3.8) is 0 Å². The Hall–Kier alpha value is -0.610. The second kappa shape index (κ2) is 6.79. The van der Waals surface area contributed by atoms with Crippen LogP contribution in [-0.4, -0.2) is 46.8 Å². The van der Waals surface area contributed by atoms with Crippen molar-refractivity contribution in [1.82, 2.24) is 4.90 Å². The molecule has 0 aliphatic carbocycles. The number of rotatable bonds is 7. The topological polar surface area (TPSA) is 60.8 Å². The van der Waals surface area contributed by atoms with Gasteiger partial charge in [0.25, 0.3) is 0 Å². The summed E-state index contributed by atoms with van der Waals surface area (Å²) in [6, 6.07) is 0.392. The van der Waals surface area contributed by atoms with Crippen molar-refractivity contribution < 1.29 is 15.0 Å².